The molecule has 0 bridgehead atoms. The second kappa shape index (κ2) is 23.2. The molecule has 72 heavy (non-hydrogen) atoms. The van der Waals surface area contributed by atoms with Crippen molar-refractivity contribution in [3.63, 3.8) is 0 Å². The molecule has 5 aliphatic rings. The van der Waals surface area contributed by atoms with Crippen molar-refractivity contribution in [3.05, 3.63) is 149 Å². The van der Waals surface area contributed by atoms with Crippen LogP contribution >= 0.6 is 0 Å². The summed E-state index contributed by atoms with van der Waals surface area (Å²) in [5, 5.41) is 31.1. The van der Waals surface area contributed by atoms with Crippen LogP contribution in [0.3, 0.4) is 0 Å². The lowest BCUT2D eigenvalue weighted by Gasteiger charge is -2.20. The van der Waals surface area contributed by atoms with E-state index in [0.29, 0.717) is 91.1 Å². The number of pyridine rings is 1. The number of nitrogens with one attached hydrogen (secondary N) is 6. The Hall–Kier alpha value is -8.16. The molecule has 6 N–H and O–H groups in total. The molecular weight excluding hydrogens is 923 g/mol. The number of hydrogen-bond acceptors (Lipinski definition) is 12. The number of carbonyl (C=O) groups is 2. The number of benzene rings is 3. The predicted molar refractivity (Wildman–Crippen MR) is 277 cm³/mol. The van der Waals surface area contributed by atoms with E-state index < -0.39 is 5.82 Å². The number of ether oxygens (including phenoxy) is 2. The second-order valence-corrected chi connectivity index (χ2v) is 17.1. The second-order valence-electron chi connectivity index (χ2n) is 17.1. The number of amidine groups is 2. The largest absolute Gasteiger partial charge is 0.486 e. The summed E-state index contributed by atoms with van der Waals surface area (Å²) in [6, 6.07) is 19.9. The van der Waals surface area contributed by atoms with E-state index in [9.17, 15) is 18.4 Å². The van der Waals surface area contributed by atoms with Crippen LogP contribution in [0.5, 0.6) is 11.5 Å². The highest BCUT2D eigenvalue weighted by Gasteiger charge is 2.42. The monoisotopic (exact) mass is 990 g/mol. The molecule has 2 aromatic heterocycles. The summed E-state index contributed by atoms with van der Waals surface area (Å²) in [5.41, 5.74) is 5.43. The first-order valence-electron chi connectivity index (χ1n) is 23.9. The molecule has 0 unspecified atom stereocenters. The lowest BCUT2D eigenvalue weighted by molar-refractivity contribution is -0.668. The zero-order chi connectivity index (χ0) is 50.7. The molecule has 6 heterocycles. The number of azo groups is 1. The molecule has 5 aromatic rings. The average Bonchev–Trinajstić information content (AvgIpc) is 3.91. The third-order valence-corrected chi connectivity index (χ3v) is 12.3. The maximum absolute atomic E-state index is 14.1. The van der Waals surface area contributed by atoms with E-state index in [0.717, 1.165) is 58.9 Å². The zero-order valence-electron chi connectivity index (χ0n) is 41.1. The van der Waals surface area contributed by atoms with Gasteiger partial charge in [0.15, 0.2) is 23.5 Å². The Balaban J connectivity index is 0.000000303. The van der Waals surface area contributed by atoms with E-state index in [-0.39, 0.29) is 29.4 Å². The van der Waals surface area contributed by atoms with Crippen LogP contribution in [-0.4, -0.2) is 100 Å². The van der Waals surface area contributed by atoms with Gasteiger partial charge in [-0.3, -0.25) is 14.6 Å². The third kappa shape index (κ3) is 11.9. The highest BCUT2D eigenvalue weighted by atomic mass is 19.1. The highest BCUT2D eigenvalue weighted by molar-refractivity contribution is 6.01. The SMILES string of the molecule is CC.C[N+]1=C([C@H](NC(=O)c2cccc(NCC3=[N+](C)[C](C4=CCNC=C4F)N=N3)c2)C2CC2)N=C[CH]1.Cc1cc2c(cc1CNC(=O)c1cccc(NCc3[nH]nc(-c4ccncc4F)[n+]3C)c1)OCCO2.[HH].[HH].[HH].[HH]. The molecule has 1 saturated carbocycles. The molecule has 4 aliphatic heterocycles. The molecule has 1 fully saturated rings. The smallest absolute Gasteiger partial charge is 0.343 e. The molecular formula is C52H67F2N14O4+3. The van der Waals surface area contributed by atoms with Gasteiger partial charge in [-0.25, -0.2) is 22.5 Å². The fourth-order valence-electron chi connectivity index (χ4n) is 8.12. The standard InChI is InChI=1S/C26H25FN6O3.C24H27FN8O.C2H6.4H2/c1-16-10-22-23(36-9-8-35-22)12-18(16)13-30-26(34)17-4-3-5-19(11-17)29-15-24-31-32-25(33(24)2)20-6-7-28-14-21(20)27;1-32-11-10-27-23(32)21(15-6-7-15)29-24(34)16-4-3-5-17(12-16)28-14-20-30-31-22(33(20)2)18-8-9-26-13-19(18)25;1-2;;;;/h3-7,10-12,14,29H,8-9,13,15H2,1-2H3,(H,30,34);3-5,8,10-13,15,21,26,28H,6-7,9,14H2,1-2H3,(H,29,34);1-2H3;4*1H/q;+2;;;;;/p+1/t;21-;;;;;/m.1...../s1. The van der Waals surface area contributed by atoms with Gasteiger partial charge in [-0.2, -0.15) is 0 Å². The van der Waals surface area contributed by atoms with Crippen molar-refractivity contribution in [2.24, 2.45) is 28.2 Å². The Morgan fingerprint density at radius 3 is 2.28 bits per heavy atom. The van der Waals surface area contributed by atoms with Crippen molar-refractivity contribution < 1.29 is 47.3 Å². The Morgan fingerprint density at radius 1 is 0.889 bits per heavy atom. The summed E-state index contributed by atoms with van der Waals surface area (Å²) in [4.78, 5) is 34.1. The summed E-state index contributed by atoms with van der Waals surface area (Å²) in [6.45, 7) is 10.6. The number of amides is 2. The summed E-state index contributed by atoms with van der Waals surface area (Å²) in [7, 11) is 5.56. The molecule has 1 aliphatic carbocycles. The number of aromatic amines is 1. The molecule has 0 spiro atoms. The van der Waals surface area contributed by atoms with Gasteiger partial charge in [0, 0.05) is 58.8 Å². The fraction of sp³-hybridized carbons (Fsp3) is 0.308. The number of H-pyrrole nitrogens is 1. The highest BCUT2D eigenvalue weighted by Crippen LogP contribution is 2.35. The van der Waals surface area contributed by atoms with Gasteiger partial charge in [0.25, 0.3) is 17.6 Å². The zero-order valence-corrected chi connectivity index (χ0v) is 41.1. The van der Waals surface area contributed by atoms with Crippen molar-refractivity contribution >= 4 is 41.1 Å². The van der Waals surface area contributed by atoms with Crippen molar-refractivity contribution in [1.82, 2.24) is 31.1 Å². The molecule has 3 aromatic carbocycles. The first-order chi connectivity index (χ1) is 35.0. The number of aromatic nitrogens is 4. The van der Waals surface area contributed by atoms with Crippen molar-refractivity contribution in [2.75, 3.05) is 51.0 Å². The van der Waals surface area contributed by atoms with Crippen LogP contribution in [0.1, 0.15) is 70.1 Å². The number of aliphatic imine (C=N–C) groups is 1. The van der Waals surface area contributed by atoms with E-state index in [2.05, 4.69) is 57.0 Å². The predicted octanol–water partition coefficient (Wildman–Crippen LogP) is 7.30. The summed E-state index contributed by atoms with van der Waals surface area (Å²) in [6.07, 6.45) is 10.2. The Bertz CT molecular complexity index is 3040. The van der Waals surface area contributed by atoms with E-state index >= 15 is 0 Å². The molecule has 380 valence electrons. The van der Waals surface area contributed by atoms with Crippen LogP contribution in [0.4, 0.5) is 20.2 Å². The molecule has 2 amide bonds. The van der Waals surface area contributed by atoms with E-state index in [1.165, 1.54) is 12.4 Å². The van der Waals surface area contributed by atoms with Crippen molar-refractivity contribution in [2.45, 2.75) is 52.7 Å². The lowest BCUT2D eigenvalue weighted by atomic mass is 10.1. The number of likely N-dealkylation sites (N-methyl/N-ethyl adjacent to an activating group) is 1. The minimum atomic E-state index is -0.440. The van der Waals surface area contributed by atoms with Crippen molar-refractivity contribution in [3.8, 4) is 22.9 Å². The minimum Gasteiger partial charge on any atom is -0.486 e. The molecule has 2 radical (unpaired) electrons. The topological polar surface area (TPSA) is 201 Å². The van der Waals surface area contributed by atoms with E-state index in [4.69, 9.17) is 9.47 Å². The fourth-order valence-corrected chi connectivity index (χ4v) is 8.12. The Morgan fingerprint density at radius 2 is 1.60 bits per heavy atom. The van der Waals surface area contributed by atoms with Gasteiger partial charge >= 0.3 is 23.7 Å². The Labute approximate surface area is 422 Å². The normalized spacial score (nSPS) is 16.1. The number of halogens is 2. The number of carbonyl (C=O) groups excluding carboxylic acids is 2. The van der Waals surface area contributed by atoms with Gasteiger partial charge in [0.2, 0.25) is 6.54 Å². The molecule has 1 atom stereocenters. The van der Waals surface area contributed by atoms with E-state index in [1.54, 1.807) is 52.7 Å². The summed E-state index contributed by atoms with van der Waals surface area (Å²) in [5.74, 6) is 3.46. The first-order valence-corrected chi connectivity index (χ1v) is 23.9. The number of aryl methyl sites for hydroxylation is 1. The Kier molecular flexibility index (Phi) is 16.2. The maximum Gasteiger partial charge on any atom is 0.343 e. The van der Waals surface area contributed by atoms with Gasteiger partial charge in [0.1, 0.15) is 38.2 Å². The number of nitrogens with zero attached hydrogens (tertiary/aromatic N) is 8. The van der Waals surface area contributed by atoms with Crippen LogP contribution in [0.2, 0.25) is 0 Å². The van der Waals surface area contributed by atoms with Crippen LogP contribution in [0.25, 0.3) is 11.4 Å². The van der Waals surface area contributed by atoms with Crippen LogP contribution in [-0.2, 0) is 20.1 Å². The first kappa shape index (κ1) is 50.2. The number of dihydropyridines is 1. The molecule has 10 rings (SSSR count). The van der Waals surface area contributed by atoms with Crippen LogP contribution in [0, 0.1) is 31.4 Å². The minimum absolute atomic E-state index is 0. The molecule has 0 saturated heterocycles. The van der Waals surface area contributed by atoms with Crippen LogP contribution in [0.15, 0.2) is 118 Å². The van der Waals surface area contributed by atoms with E-state index in [1.807, 2.05) is 88.5 Å². The third-order valence-electron chi connectivity index (χ3n) is 12.3. The molecule has 20 heteroatoms. The number of fused-ring (bicyclic) bond motifs is 1. The maximum atomic E-state index is 14.1. The number of hydrogen-bond donors (Lipinski definition) is 6. The number of anilines is 2. The van der Waals surface area contributed by atoms with Gasteiger partial charge in [-0.1, -0.05) is 37.0 Å². The summed E-state index contributed by atoms with van der Waals surface area (Å²) >= 11 is 0. The van der Waals surface area contributed by atoms with Gasteiger partial charge in [-0.15, -0.1) is 5.10 Å². The average molecular weight is 990 g/mol. The van der Waals surface area contributed by atoms with Crippen molar-refractivity contribution in [1.29, 1.82) is 0 Å². The van der Waals surface area contributed by atoms with Gasteiger partial charge < -0.3 is 36.1 Å². The van der Waals surface area contributed by atoms with Gasteiger partial charge in [-0.05, 0) is 96.5 Å². The molecule has 18 nitrogen and oxygen atoms in total. The van der Waals surface area contributed by atoms with Gasteiger partial charge in [0.05, 0.1) is 43.6 Å². The summed E-state index contributed by atoms with van der Waals surface area (Å²) < 4.78 is 45.0. The quantitative estimate of drug-likeness (QED) is 0.0583. The number of rotatable bonds is 15. The van der Waals surface area contributed by atoms with Crippen LogP contribution < -0.4 is 40.6 Å². The lowest BCUT2D eigenvalue weighted by Crippen LogP contribution is -2.43.